The van der Waals surface area contributed by atoms with E-state index < -0.39 is 0 Å². The van der Waals surface area contributed by atoms with Crippen molar-refractivity contribution < 1.29 is 0 Å². The smallest absolute Gasteiger partial charge is 0.333 e. The Morgan fingerprint density at radius 1 is 1.14 bits per heavy atom. The van der Waals surface area contributed by atoms with Crippen molar-refractivity contribution in [1.29, 1.82) is 0 Å². The fraction of sp³-hybridized carbons (Fsp3) is 0.150. The molecular weight excluding hydrogens is 397 g/mol. The lowest BCUT2D eigenvalue weighted by molar-refractivity contribution is 0.838. The number of H-pyrrole nitrogens is 1. The van der Waals surface area contributed by atoms with Crippen LogP contribution in [0.2, 0.25) is 10.0 Å². The summed E-state index contributed by atoms with van der Waals surface area (Å²) in [4.78, 5) is 24.4. The second-order valence-corrected chi connectivity index (χ2v) is 7.81. The lowest BCUT2D eigenvalue weighted by Crippen LogP contribution is -2.15. The fourth-order valence-electron chi connectivity index (χ4n) is 3.63. The van der Waals surface area contributed by atoms with Gasteiger partial charge in [-0.2, -0.15) is 0 Å². The van der Waals surface area contributed by atoms with Crippen LogP contribution < -0.4 is 11.0 Å². The molecule has 0 aliphatic carbocycles. The Morgan fingerprint density at radius 2 is 1.93 bits per heavy atom. The number of fused-ring (bicyclic) bond motifs is 2. The Balaban J connectivity index is 1.69. The molecule has 0 fully saturated rings. The maximum atomic E-state index is 12.6. The molecule has 0 amide bonds. The molecule has 0 radical (unpaired) electrons. The van der Waals surface area contributed by atoms with Crippen LogP contribution in [-0.2, 0) is 6.42 Å². The molecule has 0 saturated heterocycles. The van der Waals surface area contributed by atoms with E-state index in [-0.39, 0.29) is 5.69 Å². The summed E-state index contributed by atoms with van der Waals surface area (Å²) in [7, 11) is 0. The predicted molar refractivity (Wildman–Crippen MR) is 112 cm³/mol. The molecule has 0 bridgehead atoms. The SMILES string of the molecule is CC1Cc2cc(-n3c(=O)[nH]c4ncc(-c5cc(Cl)cc(Cl)c5)nc43)ccc2N1. The van der Waals surface area contributed by atoms with Crippen LogP contribution in [0.4, 0.5) is 5.69 Å². The van der Waals surface area contributed by atoms with Gasteiger partial charge in [-0.25, -0.2) is 19.3 Å². The number of anilines is 1. The Hall–Kier alpha value is -2.83. The molecule has 2 aromatic heterocycles. The maximum absolute atomic E-state index is 12.6. The van der Waals surface area contributed by atoms with Crippen molar-refractivity contribution in [3.63, 3.8) is 0 Å². The summed E-state index contributed by atoms with van der Waals surface area (Å²) >= 11 is 12.2. The Kier molecular flexibility index (Phi) is 3.92. The number of rotatable bonds is 2. The van der Waals surface area contributed by atoms with Crippen molar-refractivity contribution in [3.05, 3.63) is 68.7 Å². The van der Waals surface area contributed by atoms with E-state index in [2.05, 4.69) is 27.2 Å². The first-order valence-electron chi connectivity index (χ1n) is 8.82. The second kappa shape index (κ2) is 6.36. The van der Waals surface area contributed by atoms with Crippen LogP contribution in [0.25, 0.3) is 28.2 Å². The van der Waals surface area contributed by atoms with Crippen molar-refractivity contribution in [3.8, 4) is 16.9 Å². The summed E-state index contributed by atoms with van der Waals surface area (Å²) in [6.45, 7) is 2.13. The molecule has 6 nitrogen and oxygen atoms in total. The van der Waals surface area contributed by atoms with E-state index >= 15 is 0 Å². The van der Waals surface area contributed by atoms with Crippen molar-refractivity contribution >= 4 is 40.2 Å². The van der Waals surface area contributed by atoms with Crippen molar-refractivity contribution in [2.75, 3.05) is 5.32 Å². The molecule has 1 atom stereocenters. The molecule has 140 valence electrons. The van der Waals surface area contributed by atoms with Crippen molar-refractivity contribution in [2.24, 2.45) is 0 Å². The summed E-state index contributed by atoms with van der Waals surface area (Å²) in [5, 5.41) is 4.44. The van der Waals surface area contributed by atoms with E-state index in [0.717, 1.165) is 23.4 Å². The average Bonchev–Trinajstić information content (AvgIpc) is 3.17. The van der Waals surface area contributed by atoms with Crippen LogP contribution in [0.3, 0.4) is 0 Å². The van der Waals surface area contributed by atoms with E-state index in [4.69, 9.17) is 23.2 Å². The van der Waals surface area contributed by atoms with Gasteiger partial charge in [0.05, 0.1) is 17.6 Å². The van der Waals surface area contributed by atoms with Gasteiger partial charge in [0.15, 0.2) is 11.3 Å². The Bertz CT molecular complexity index is 1270. The number of aromatic nitrogens is 4. The molecule has 1 aliphatic rings. The van der Waals surface area contributed by atoms with Crippen molar-refractivity contribution in [2.45, 2.75) is 19.4 Å². The second-order valence-electron chi connectivity index (χ2n) is 6.94. The molecule has 2 aromatic carbocycles. The summed E-state index contributed by atoms with van der Waals surface area (Å²) in [6, 6.07) is 11.5. The van der Waals surface area contributed by atoms with Gasteiger partial charge in [0, 0.05) is 27.3 Å². The monoisotopic (exact) mass is 411 g/mol. The minimum absolute atomic E-state index is 0.282. The molecule has 1 aliphatic heterocycles. The van der Waals surface area contributed by atoms with Gasteiger partial charge in [-0.05, 0) is 55.3 Å². The first-order valence-corrected chi connectivity index (χ1v) is 9.57. The van der Waals surface area contributed by atoms with Gasteiger partial charge in [-0.1, -0.05) is 23.2 Å². The number of imidazole rings is 1. The molecule has 2 N–H and O–H groups in total. The number of aromatic amines is 1. The fourth-order valence-corrected chi connectivity index (χ4v) is 4.16. The normalized spacial score (nSPS) is 15.6. The molecule has 0 spiro atoms. The van der Waals surface area contributed by atoms with E-state index in [1.54, 1.807) is 29.0 Å². The maximum Gasteiger partial charge on any atom is 0.333 e. The molecule has 3 heterocycles. The van der Waals surface area contributed by atoms with Crippen LogP contribution >= 0.6 is 23.2 Å². The first-order chi connectivity index (χ1) is 13.5. The third-order valence-corrected chi connectivity index (χ3v) is 5.26. The lowest BCUT2D eigenvalue weighted by atomic mass is 10.1. The zero-order chi connectivity index (χ0) is 19.4. The molecule has 28 heavy (non-hydrogen) atoms. The highest BCUT2D eigenvalue weighted by atomic mass is 35.5. The van der Waals surface area contributed by atoms with E-state index in [0.29, 0.717) is 33.1 Å². The van der Waals surface area contributed by atoms with Crippen LogP contribution in [0.15, 0.2) is 47.4 Å². The highest BCUT2D eigenvalue weighted by Crippen LogP contribution is 2.29. The van der Waals surface area contributed by atoms with Gasteiger partial charge in [-0.3, -0.25) is 4.98 Å². The van der Waals surface area contributed by atoms with Gasteiger partial charge in [0.25, 0.3) is 0 Å². The molecule has 8 heteroatoms. The molecular formula is C20H15Cl2N5O. The largest absolute Gasteiger partial charge is 0.382 e. The highest BCUT2D eigenvalue weighted by Gasteiger charge is 2.19. The average molecular weight is 412 g/mol. The van der Waals surface area contributed by atoms with Gasteiger partial charge in [0.2, 0.25) is 0 Å². The Morgan fingerprint density at radius 3 is 2.71 bits per heavy atom. The topological polar surface area (TPSA) is 75.6 Å². The summed E-state index contributed by atoms with van der Waals surface area (Å²) in [6.07, 6.45) is 2.51. The van der Waals surface area contributed by atoms with Gasteiger partial charge in [0.1, 0.15) is 0 Å². The third kappa shape index (κ3) is 2.85. The minimum atomic E-state index is -0.282. The zero-order valence-corrected chi connectivity index (χ0v) is 16.3. The molecule has 1 unspecified atom stereocenters. The quantitative estimate of drug-likeness (QED) is 0.511. The molecule has 0 saturated carbocycles. The standard InChI is InChI=1S/C20H15Cl2N5O/c1-10-4-11-7-15(2-3-16(11)24-10)27-19-18(26-20(27)28)23-9-17(25-19)12-5-13(21)8-14(22)6-12/h2-3,5-10,24H,4H2,1H3,(H,23,26,28). The van der Waals surface area contributed by atoms with Gasteiger partial charge >= 0.3 is 5.69 Å². The van der Waals surface area contributed by atoms with Crippen molar-refractivity contribution in [1.82, 2.24) is 19.5 Å². The van der Waals surface area contributed by atoms with Crippen LogP contribution in [0.1, 0.15) is 12.5 Å². The number of benzene rings is 2. The summed E-state index contributed by atoms with van der Waals surface area (Å²) in [5.41, 5.74) is 4.95. The predicted octanol–water partition coefficient (Wildman–Crippen LogP) is 4.44. The first kappa shape index (κ1) is 17.3. The van der Waals surface area contributed by atoms with Crippen LogP contribution in [0, 0.1) is 0 Å². The van der Waals surface area contributed by atoms with Gasteiger partial charge < -0.3 is 5.32 Å². The number of nitrogens with one attached hydrogen (secondary N) is 2. The third-order valence-electron chi connectivity index (χ3n) is 4.83. The summed E-state index contributed by atoms with van der Waals surface area (Å²) in [5.74, 6) is 0. The highest BCUT2D eigenvalue weighted by molar-refractivity contribution is 6.35. The van der Waals surface area contributed by atoms with E-state index in [9.17, 15) is 4.79 Å². The van der Waals surface area contributed by atoms with E-state index in [1.807, 2.05) is 18.2 Å². The molecule has 5 rings (SSSR count). The van der Waals surface area contributed by atoms with Gasteiger partial charge in [-0.15, -0.1) is 0 Å². The van der Waals surface area contributed by atoms with E-state index in [1.165, 1.54) is 5.56 Å². The van der Waals surface area contributed by atoms with Crippen LogP contribution in [0.5, 0.6) is 0 Å². The molecule has 4 aromatic rings. The minimum Gasteiger partial charge on any atom is -0.382 e. The van der Waals surface area contributed by atoms with Crippen LogP contribution in [-0.4, -0.2) is 25.6 Å². The summed E-state index contributed by atoms with van der Waals surface area (Å²) < 4.78 is 1.54. The number of halogens is 2. The number of nitrogens with zero attached hydrogens (tertiary/aromatic N) is 3. The Labute approximate surface area is 170 Å². The number of hydrogen-bond donors (Lipinski definition) is 2. The zero-order valence-electron chi connectivity index (χ0n) is 14.8. The number of hydrogen-bond acceptors (Lipinski definition) is 4. The lowest BCUT2D eigenvalue weighted by Gasteiger charge is -2.07.